The Labute approximate surface area is 198 Å². The molecule has 1 aliphatic carbocycles. The molecule has 5 rings (SSSR count). The van der Waals surface area contributed by atoms with Gasteiger partial charge in [0.05, 0.1) is 23.7 Å². The molecule has 5 heteroatoms. The molecule has 2 aromatic carbocycles. The van der Waals surface area contributed by atoms with E-state index < -0.39 is 5.60 Å². The molecule has 0 saturated heterocycles. The van der Waals surface area contributed by atoms with Crippen molar-refractivity contribution in [3.8, 4) is 11.1 Å². The van der Waals surface area contributed by atoms with Crippen LogP contribution < -0.4 is 0 Å². The number of halogens is 1. The fourth-order valence-corrected chi connectivity index (χ4v) is 4.85. The second-order valence-electron chi connectivity index (χ2n) is 8.52. The van der Waals surface area contributed by atoms with Crippen LogP contribution in [0.1, 0.15) is 36.7 Å². The quantitative estimate of drug-likeness (QED) is 0.385. The summed E-state index contributed by atoms with van der Waals surface area (Å²) in [5.74, 6) is 0. The third-order valence-electron chi connectivity index (χ3n) is 6.48. The minimum absolute atomic E-state index is 0.678. The maximum absolute atomic E-state index is 12.3. The lowest BCUT2D eigenvalue weighted by atomic mass is 9.79. The molecule has 1 atom stereocenters. The van der Waals surface area contributed by atoms with Gasteiger partial charge in [-0.05, 0) is 60.2 Å². The van der Waals surface area contributed by atoms with Gasteiger partial charge in [-0.2, -0.15) is 0 Å². The summed E-state index contributed by atoms with van der Waals surface area (Å²) in [5, 5.41) is 14.1. The van der Waals surface area contributed by atoms with Gasteiger partial charge in [-0.1, -0.05) is 61.0 Å². The molecule has 2 aromatic heterocycles. The molecule has 0 aliphatic heterocycles. The van der Waals surface area contributed by atoms with Gasteiger partial charge in [0.1, 0.15) is 0 Å². The molecule has 0 fully saturated rings. The summed E-state index contributed by atoms with van der Waals surface area (Å²) >= 11 is 6.23. The van der Waals surface area contributed by atoms with Gasteiger partial charge in [0, 0.05) is 28.7 Å². The zero-order valence-corrected chi connectivity index (χ0v) is 19.5. The molecule has 4 aromatic rings. The fraction of sp³-hybridized carbons (Fsp3) is 0.214. The van der Waals surface area contributed by atoms with Gasteiger partial charge in [-0.3, -0.25) is 4.98 Å². The SMILES string of the molecule is CCc1nc2ccc(C(O)(C3=CC=C(Cl)CC3)c3cncn3C)cc2cc1-c1ccccc1. The van der Waals surface area contributed by atoms with Crippen molar-refractivity contribution < 1.29 is 5.11 Å². The van der Waals surface area contributed by atoms with E-state index in [9.17, 15) is 5.11 Å². The number of aliphatic hydroxyl groups is 1. The largest absolute Gasteiger partial charge is 0.375 e. The number of nitrogens with zero attached hydrogens (tertiary/aromatic N) is 3. The predicted octanol–water partition coefficient (Wildman–Crippen LogP) is 6.28. The normalized spacial score (nSPS) is 15.8. The molecule has 0 bridgehead atoms. The van der Waals surface area contributed by atoms with E-state index in [0.717, 1.165) is 56.0 Å². The number of rotatable bonds is 5. The van der Waals surface area contributed by atoms with Crippen LogP contribution in [0.4, 0.5) is 0 Å². The number of allylic oxidation sites excluding steroid dienone is 3. The van der Waals surface area contributed by atoms with E-state index in [-0.39, 0.29) is 0 Å². The Kier molecular flexibility index (Phi) is 5.65. The zero-order valence-electron chi connectivity index (χ0n) is 18.8. The van der Waals surface area contributed by atoms with Crippen molar-refractivity contribution in [2.24, 2.45) is 7.05 Å². The van der Waals surface area contributed by atoms with Crippen LogP contribution in [0.15, 0.2) is 89.9 Å². The van der Waals surface area contributed by atoms with E-state index in [0.29, 0.717) is 12.8 Å². The summed E-state index contributed by atoms with van der Waals surface area (Å²) in [6, 6.07) is 18.6. The van der Waals surface area contributed by atoms with Crippen molar-refractivity contribution >= 4 is 22.5 Å². The standard InChI is InChI=1S/C28H26ClN3O/c1-3-25-24(19-7-5-4-6-8-19)16-20-15-22(11-14-26(20)31-25)28(33,27-17-30-18-32(27)2)21-9-12-23(29)13-10-21/h4-9,11-12,14-18,33H,3,10,13H2,1-2H3. The van der Waals surface area contributed by atoms with Crippen LogP contribution in [0.2, 0.25) is 0 Å². The lowest BCUT2D eigenvalue weighted by molar-refractivity contribution is 0.109. The van der Waals surface area contributed by atoms with Gasteiger partial charge in [0.25, 0.3) is 0 Å². The molecule has 0 saturated carbocycles. The number of aryl methyl sites for hydroxylation is 2. The maximum atomic E-state index is 12.3. The number of aromatic nitrogens is 3. The Balaban J connectivity index is 1.72. The fourth-order valence-electron chi connectivity index (χ4n) is 4.70. The molecule has 4 nitrogen and oxygen atoms in total. The number of pyridine rings is 1. The predicted molar refractivity (Wildman–Crippen MR) is 134 cm³/mol. The van der Waals surface area contributed by atoms with Crippen LogP contribution in [0.25, 0.3) is 22.0 Å². The van der Waals surface area contributed by atoms with Crippen LogP contribution in [-0.2, 0) is 19.1 Å². The highest BCUT2D eigenvalue weighted by molar-refractivity contribution is 6.29. The molecule has 0 radical (unpaired) electrons. The second-order valence-corrected chi connectivity index (χ2v) is 9.00. The van der Waals surface area contributed by atoms with Gasteiger partial charge in [0.2, 0.25) is 0 Å². The van der Waals surface area contributed by atoms with Gasteiger partial charge < -0.3 is 9.67 Å². The highest BCUT2D eigenvalue weighted by atomic mass is 35.5. The summed E-state index contributed by atoms with van der Waals surface area (Å²) in [4.78, 5) is 9.24. The van der Waals surface area contributed by atoms with Gasteiger partial charge in [-0.15, -0.1) is 0 Å². The lowest BCUT2D eigenvalue weighted by Crippen LogP contribution is -2.32. The summed E-state index contributed by atoms with van der Waals surface area (Å²) in [6.07, 6.45) is 9.51. The number of imidazole rings is 1. The lowest BCUT2D eigenvalue weighted by Gasteiger charge is -2.33. The summed E-state index contributed by atoms with van der Waals surface area (Å²) in [5.41, 5.74) is 5.35. The van der Waals surface area contributed by atoms with E-state index in [1.807, 2.05) is 54.1 Å². The first-order chi connectivity index (χ1) is 16.0. The molecular formula is C28H26ClN3O. The third kappa shape index (κ3) is 3.79. The average molecular weight is 456 g/mol. The highest BCUT2D eigenvalue weighted by Gasteiger charge is 2.38. The minimum Gasteiger partial charge on any atom is -0.375 e. The van der Waals surface area contributed by atoms with Crippen LogP contribution in [0, 0.1) is 0 Å². The van der Waals surface area contributed by atoms with Crippen molar-refractivity contribution in [3.63, 3.8) is 0 Å². The first-order valence-corrected chi connectivity index (χ1v) is 11.6. The zero-order chi connectivity index (χ0) is 23.0. The van der Waals surface area contributed by atoms with Gasteiger partial charge in [0.15, 0.2) is 5.60 Å². The van der Waals surface area contributed by atoms with E-state index in [2.05, 4.69) is 36.2 Å². The second kappa shape index (κ2) is 8.62. The third-order valence-corrected chi connectivity index (χ3v) is 6.80. The highest BCUT2D eigenvalue weighted by Crippen LogP contribution is 2.42. The molecule has 1 aliphatic rings. The monoisotopic (exact) mass is 455 g/mol. The molecule has 0 spiro atoms. The van der Waals surface area contributed by atoms with Crippen molar-refractivity contribution in [2.75, 3.05) is 0 Å². The molecule has 33 heavy (non-hydrogen) atoms. The van der Waals surface area contributed by atoms with Crippen LogP contribution in [-0.4, -0.2) is 19.6 Å². The van der Waals surface area contributed by atoms with Gasteiger partial charge >= 0.3 is 0 Å². The Morgan fingerprint density at radius 3 is 2.55 bits per heavy atom. The van der Waals surface area contributed by atoms with Crippen LogP contribution in [0.5, 0.6) is 0 Å². The Morgan fingerprint density at radius 1 is 1.06 bits per heavy atom. The number of fused-ring (bicyclic) bond motifs is 1. The van der Waals surface area contributed by atoms with E-state index in [1.54, 1.807) is 12.5 Å². The molecule has 166 valence electrons. The molecule has 1 unspecified atom stereocenters. The number of benzene rings is 2. The van der Waals surface area contributed by atoms with Crippen molar-refractivity contribution in [1.82, 2.24) is 14.5 Å². The maximum Gasteiger partial charge on any atom is 0.153 e. The number of hydrogen-bond donors (Lipinski definition) is 1. The van der Waals surface area contributed by atoms with E-state index in [1.165, 1.54) is 0 Å². The van der Waals surface area contributed by atoms with E-state index in [4.69, 9.17) is 16.6 Å². The average Bonchev–Trinajstić information content (AvgIpc) is 3.29. The smallest absolute Gasteiger partial charge is 0.153 e. The summed E-state index contributed by atoms with van der Waals surface area (Å²) in [6.45, 7) is 2.13. The Morgan fingerprint density at radius 2 is 1.88 bits per heavy atom. The van der Waals surface area contributed by atoms with E-state index >= 15 is 0 Å². The Bertz CT molecular complexity index is 1390. The summed E-state index contributed by atoms with van der Waals surface area (Å²) in [7, 11) is 1.91. The number of hydrogen-bond acceptors (Lipinski definition) is 3. The van der Waals surface area contributed by atoms with Crippen LogP contribution in [0.3, 0.4) is 0 Å². The Hall–Kier alpha value is -3.21. The van der Waals surface area contributed by atoms with Crippen molar-refractivity contribution in [2.45, 2.75) is 31.8 Å². The molecule has 0 amide bonds. The molecule has 2 heterocycles. The summed E-state index contributed by atoms with van der Waals surface area (Å²) < 4.78 is 1.87. The van der Waals surface area contributed by atoms with Gasteiger partial charge in [-0.25, -0.2) is 4.98 Å². The topological polar surface area (TPSA) is 50.9 Å². The first-order valence-electron chi connectivity index (χ1n) is 11.2. The minimum atomic E-state index is -1.32. The van der Waals surface area contributed by atoms with Crippen molar-refractivity contribution in [3.05, 3.63) is 107 Å². The van der Waals surface area contributed by atoms with Crippen LogP contribution >= 0.6 is 11.6 Å². The van der Waals surface area contributed by atoms with Crippen molar-refractivity contribution in [1.29, 1.82) is 0 Å². The molecular weight excluding hydrogens is 430 g/mol. The first kappa shape index (κ1) is 21.6. The molecule has 1 N–H and O–H groups in total.